The zero-order valence-electron chi connectivity index (χ0n) is 9.54. The van der Waals surface area contributed by atoms with Crippen LogP contribution < -0.4 is 4.74 Å². The first-order valence-corrected chi connectivity index (χ1v) is 5.58. The van der Waals surface area contributed by atoms with E-state index in [0.717, 1.165) is 11.3 Å². The molecule has 90 valence electrons. The second-order valence-corrected chi connectivity index (χ2v) is 4.18. The van der Waals surface area contributed by atoms with E-state index in [1.54, 1.807) is 18.2 Å². The Morgan fingerprint density at radius 1 is 1.35 bits per heavy atom. The summed E-state index contributed by atoms with van der Waals surface area (Å²) < 4.78 is 23.9. The molecule has 0 amide bonds. The second-order valence-electron chi connectivity index (χ2n) is 3.74. The predicted molar refractivity (Wildman–Crippen MR) is 64.1 cm³/mol. The molecule has 1 atom stereocenters. The molecule has 0 aliphatic rings. The minimum atomic E-state index is -0.557. The number of hydrogen-bond acceptors (Lipinski definition) is 2. The molecule has 0 aliphatic heterocycles. The quantitative estimate of drug-likeness (QED) is 0.771. The highest BCUT2D eigenvalue weighted by Crippen LogP contribution is 2.32. The molecule has 1 aromatic heterocycles. The molecule has 0 bridgehead atoms. The molecule has 0 saturated heterocycles. The van der Waals surface area contributed by atoms with Crippen molar-refractivity contribution in [3.05, 3.63) is 53.2 Å². The maximum Gasteiger partial charge on any atom is 0.131 e. The summed E-state index contributed by atoms with van der Waals surface area (Å²) in [5, 5.41) is -0.557. The third kappa shape index (κ3) is 2.44. The van der Waals surface area contributed by atoms with E-state index in [1.807, 2.05) is 6.92 Å². The largest absolute Gasteiger partial charge is 0.497 e. The van der Waals surface area contributed by atoms with Crippen molar-refractivity contribution in [2.24, 2.45) is 0 Å². The van der Waals surface area contributed by atoms with Gasteiger partial charge in [-0.2, -0.15) is 0 Å². The predicted octanol–water partition coefficient (Wildman–Crippen LogP) is 4.06. The Bertz CT molecular complexity index is 522. The molecule has 0 radical (unpaired) electrons. The van der Waals surface area contributed by atoms with Gasteiger partial charge in [-0.1, -0.05) is 6.07 Å². The van der Waals surface area contributed by atoms with Gasteiger partial charge in [0.2, 0.25) is 0 Å². The molecule has 4 heteroatoms. The van der Waals surface area contributed by atoms with Crippen molar-refractivity contribution in [2.75, 3.05) is 7.11 Å². The fraction of sp³-hybridized carbons (Fsp3) is 0.231. The number of halogens is 2. The number of benzene rings is 1. The normalized spacial score (nSPS) is 12.5. The molecule has 0 N–H and O–H groups in total. The van der Waals surface area contributed by atoms with Crippen LogP contribution >= 0.6 is 11.6 Å². The maximum atomic E-state index is 13.8. The molecule has 1 unspecified atom stereocenters. The summed E-state index contributed by atoms with van der Waals surface area (Å²) in [5.41, 5.74) is 1.15. The van der Waals surface area contributed by atoms with Crippen molar-refractivity contribution in [1.29, 1.82) is 0 Å². The highest BCUT2D eigenvalue weighted by Gasteiger charge is 2.17. The monoisotopic (exact) mass is 254 g/mol. The lowest BCUT2D eigenvalue weighted by Gasteiger charge is -2.09. The summed E-state index contributed by atoms with van der Waals surface area (Å²) in [6.45, 7) is 1.82. The molecule has 0 spiro atoms. The summed E-state index contributed by atoms with van der Waals surface area (Å²) in [4.78, 5) is 0. The van der Waals surface area contributed by atoms with Gasteiger partial charge in [0.15, 0.2) is 0 Å². The van der Waals surface area contributed by atoms with Crippen LogP contribution in [-0.2, 0) is 0 Å². The van der Waals surface area contributed by atoms with Crippen LogP contribution in [0.5, 0.6) is 5.75 Å². The zero-order valence-corrected chi connectivity index (χ0v) is 10.3. The third-order valence-electron chi connectivity index (χ3n) is 2.52. The summed E-state index contributed by atoms with van der Waals surface area (Å²) in [7, 11) is 1.49. The fourth-order valence-electron chi connectivity index (χ4n) is 1.62. The molecular formula is C13H12ClFO2. The van der Waals surface area contributed by atoms with E-state index in [1.165, 1.54) is 19.4 Å². The highest BCUT2D eigenvalue weighted by atomic mass is 35.5. The van der Waals surface area contributed by atoms with Crippen LogP contribution in [0, 0.1) is 12.7 Å². The van der Waals surface area contributed by atoms with Gasteiger partial charge in [0.25, 0.3) is 0 Å². The standard InChI is InChI=1S/C13H12ClFO2/c1-8-5-9(7-17-8)13(14)11-4-3-10(16-2)6-12(11)15/h3-7,13H,1-2H3. The first kappa shape index (κ1) is 12.0. The molecule has 17 heavy (non-hydrogen) atoms. The van der Waals surface area contributed by atoms with Crippen molar-refractivity contribution >= 4 is 11.6 Å². The van der Waals surface area contributed by atoms with Gasteiger partial charge in [-0.05, 0) is 19.1 Å². The van der Waals surface area contributed by atoms with Crippen LogP contribution in [-0.4, -0.2) is 7.11 Å². The molecule has 0 aliphatic carbocycles. The Balaban J connectivity index is 2.34. The fourth-order valence-corrected chi connectivity index (χ4v) is 1.91. The van der Waals surface area contributed by atoms with Crippen LogP contribution in [0.15, 0.2) is 34.9 Å². The Hall–Kier alpha value is -1.48. The van der Waals surface area contributed by atoms with Crippen LogP contribution in [0.3, 0.4) is 0 Å². The summed E-state index contributed by atoms with van der Waals surface area (Å²) in [5.74, 6) is 0.835. The van der Waals surface area contributed by atoms with Gasteiger partial charge in [0.05, 0.1) is 18.8 Å². The van der Waals surface area contributed by atoms with Crippen LogP contribution in [0.4, 0.5) is 4.39 Å². The molecule has 2 rings (SSSR count). The average Bonchev–Trinajstić information content (AvgIpc) is 2.75. The van der Waals surface area contributed by atoms with Gasteiger partial charge in [-0.15, -0.1) is 11.6 Å². The van der Waals surface area contributed by atoms with Gasteiger partial charge < -0.3 is 9.15 Å². The van der Waals surface area contributed by atoms with Crippen molar-refractivity contribution in [1.82, 2.24) is 0 Å². The first-order chi connectivity index (χ1) is 8.11. The van der Waals surface area contributed by atoms with Crippen LogP contribution in [0.25, 0.3) is 0 Å². The van der Waals surface area contributed by atoms with Gasteiger partial charge in [-0.3, -0.25) is 0 Å². The molecule has 1 aromatic carbocycles. The minimum absolute atomic E-state index is 0.386. The number of furan rings is 1. The SMILES string of the molecule is COc1ccc(C(Cl)c2coc(C)c2)c(F)c1. The molecular weight excluding hydrogens is 243 g/mol. The van der Waals surface area contributed by atoms with Crippen molar-refractivity contribution < 1.29 is 13.5 Å². The summed E-state index contributed by atoms with van der Waals surface area (Å²) in [6.07, 6.45) is 1.54. The number of hydrogen-bond donors (Lipinski definition) is 0. The molecule has 0 saturated carbocycles. The van der Waals surface area contributed by atoms with Crippen molar-refractivity contribution in [3.8, 4) is 5.75 Å². The van der Waals surface area contributed by atoms with E-state index in [0.29, 0.717) is 11.3 Å². The van der Waals surface area contributed by atoms with E-state index in [-0.39, 0.29) is 5.82 Å². The maximum absolute atomic E-state index is 13.8. The lowest BCUT2D eigenvalue weighted by Crippen LogP contribution is -1.96. The number of rotatable bonds is 3. The molecule has 0 fully saturated rings. The Labute approximate surface area is 104 Å². The number of aryl methyl sites for hydroxylation is 1. The Kier molecular flexibility index (Phi) is 3.38. The average molecular weight is 255 g/mol. The van der Waals surface area contributed by atoms with Crippen LogP contribution in [0.2, 0.25) is 0 Å². The molecule has 2 nitrogen and oxygen atoms in total. The summed E-state index contributed by atoms with van der Waals surface area (Å²) in [6, 6.07) is 6.41. The third-order valence-corrected chi connectivity index (χ3v) is 3.01. The van der Waals surface area contributed by atoms with Crippen LogP contribution in [0.1, 0.15) is 22.3 Å². The van der Waals surface area contributed by atoms with Gasteiger partial charge in [-0.25, -0.2) is 4.39 Å². The number of alkyl halides is 1. The van der Waals surface area contributed by atoms with Crippen molar-refractivity contribution in [3.63, 3.8) is 0 Å². The second kappa shape index (κ2) is 4.80. The van der Waals surface area contributed by atoms with E-state index in [9.17, 15) is 4.39 Å². The van der Waals surface area contributed by atoms with E-state index in [2.05, 4.69) is 0 Å². The van der Waals surface area contributed by atoms with E-state index in [4.69, 9.17) is 20.8 Å². The summed E-state index contributed by atoms with van der Waals surface area (Å²) >= 11 is 6.20. The first-order valence-electron chi connectivity index (χ1n) is 5.14. The topological polar surface area (TPSA) is 22.4 Å². The number of methoxy groups -OCH3 is 1. The van der Waals surface area contributed by atoms with E-state index >= 15 is 0 Å². The Morgan fingerprint density at radius 2 is 2.12 bits per heavy atom. The van der Waals surface area contributed by atoms with Crippen molar-refractivity contribution in [2.45, 2.75) is 12.3 Å². The Morgan fingerprint density at radius 3 is 2.65 bits per heavy atom. The zero-order chi connectivity index (χ0) is 12.4. The van der Waals surface area contributed by atoms with E-state index < -0.39 is 5.38 Å². The van der Waals surface area contributed by atoms with Gasteiger partial charge in [0.1, 0.15) is 17.3 Å². The molecule has 1 heterocycles. The minimum Gasteiger partial charge on any atom is -0.497 e. The lowest BCUT2D eigenvalue weighted by molar-refractivity contribution is 0.410. The van der Waals surface area contributed by atoms with Gasteiger partial charge >= 0.3 is 0 Å². The smallest absolute Gasteiger partial charge is 0.131 e. The highest BCUT2D eigenvalue weighted by molar-refractivity contribution is 6.22. The lowest BCUT2D eigenvalue weighted by atomic mass is 10.1. The molecule has 2 aromatic rings. The number of ether oxygens (including phenoxy) is 1. The van der Waals surface area contributed by atoms with Gasteiger partial charge in [0, 0.05) is 17.2 Å².